The Hall–Kier alpha value is -4.72. The van der Waals surface area contributed by atoms with Crippen molar-refractivity contribution in [1.29, 1.82) is 0 Å². The van der Waals surface area contributed by atoms with Crippen LogP contribution in [0.4, 0.5) is 5.69 Å². The number of benzene rings is 3. The predicted octanol–water partition coefficient (Wildman–Crippen LogP) is 4.17. The molecule has 13 heteroatoms. The highest BCUT2D eigenvalue weighted by molar-refractivity contribution is 6.31. The van der Waals surface area contributed by atoms with Crippen LogP contribution in [0.25, 0.3) is 10.9 Å². The van der Waals surface area contributed by atoms with Crippen molar-refractivity contribution in [3.63, 3.8) is 0 Å². The molecule has 0 spiro atoms. The van der Waals surface area contributed by atoms with Crippen molar-refractivity contribution in [1.82, 2.24) is 9.88 Å². The van der Waals surface area contributed by atoms with Crippen molar-refractivity contribution in [2.45, 2.75) is 43.9 Å². The summed E-state index contributed by atoms with van der Waals surface area (Å²) >= 11 is 6.03. The first-order chi connectivity index (χ1) is 23.3. The number of nitrogens with one attached hydrogen (secondary N) is 1. The number of nitrogens with zero attached hydrogens (tertiary/aromatic N) is 2. The number of carboxylic acid groups (broad SMARTS) is 2. The lowest BCUT2D eigenvalue weighted by atomic mass is 9.73. The van der Waals surface area contributed by atoms with Crippen molar-refractivity contribution in [3.05, 3.63) is 107 Å². The highest BCUT2D eigenvalue weighted by Gasteiger charge is 2.69. The van der Waals surface area contributed by atoms with Gasteiger partial charge in [-0.05, 0) is 57.1 Å². The second-order valence-electron chi connectivity index (χ2n) is 11.3. The quantitative estimate of drug-likeness (QED) is 0.0725. The van der Waals surface area contributed by atoms with Crippen molar-refractivity contribution >= 4 is 51.7 Å². The zero-order valence-corrected chi connectivity index (χ0v) is 27.9. The van der Waals surface area contributed by atoms with E-state index in [0.717, 1.165) is 73.3 Å². The van der Waals surface area contributed by atoms with Crippen LogP contribution < -0.4 is 5.32 Å². The standard InChI is InChI=1S/C18H26ClN3O.C18H14O8/c1-3-22(11-12-23)10-4-5-14(2)21-17-8-9-20-18-13-15(19)6-7-16(17)18;19-13(11-7-3-1-4-8-11)17(25,15(21)22)18(26,16(23)24)14(20)12-9-5-2-6-10-12/h6-9,13-14,23H,3-5,10-12H2,1-2H3,(H,20,21);1-10,25-26H,(H,21,22)(H,23,24). The number of ketones is 2. The lowest BCUT2D eigenvalue weighted by Gasteiger charge is -2.34. The summed E-state index contributed by atoms with van der Waals surface area (Å²) in [7, 11) is 0. The SMILES string of the molecule is CCN(CCO)CCCC(C)Nc1ccnc2cc(Cl)ccc12.O=C(O)C(O)(C(=O)c1ccccc1)C(O)(C(=O)O)C(=O)c1ccccc1. The number of carbonyl (C=O) groups excluding carboxylic acids is 2. The van der Waals surface area contributed by atoms with Gasteiger partial charge in [0.1, 0.15) is 0 Å². The molecular formula is C36H40ClN3O9. The van der Waals surface area contributed by atoms with Gasteiger partial charge in [0, 0.05) is 46.0 Å². The van der Waals surface area contributed by atoms with Crippen LogP contribution in [0.2, 0.25) is 5.02 Å². The van der Waals surface area contributed by atoms with Gasteiger partial charge >= 0.3 is 11.9 Å². The summed E-state index contributed by atoms with van der Waals surface area (Å²) < 4.78 is 0. The van der Waals surface area contributed by atoms with Gasteiger partial charge in [0.05, 0.1) is 12.1 Å². The number of aromatic nitrogens is 1. The molecular weight excluding hydrogens is 654 g/mol. The molecule has 0 saturated carbocycles. The highest BCUT2D eigenvalue weighted by atomic mass is 35.5. The largest absolute Gasteiger partial charge is 0.479 e. The van der Waals surface area contributed by atoms with E-state index in [1.165, 1.54) is 36.4 Å². The monoisotopic (exact) mass is 693 g/mol. The Kier molecular flexibility index (Phi) is 13.9. The minimum atomic E-state index is -3.95. The third-order valence-corrected chi connectivity index (χ3v) is 8.19. The van der Waals surface area contributed by atoms with Crippen LogP contribution in [0.3, 0.4) is 0 Å². The number of anilines is 1. The van der Waals surface area contributed by atoms with E-state index in [9.17, 15) is 39.6 Å². The molecule has 1 heterocycles. The number of hydrogen-bond acceptors (Lipinski definition) is 10. The molecule has 0 aliphatic rings. The number of pyridine rings is 1. The molecule has 12 nitrogen and oxygen atoms in total. The fourth-order valence-corrected chi connectivity index (χ4v) is 5.37. The molecule has 4 rings (SSSR count). The summed E-state index contributed by atoms with van der Waals surface area (Å²) in [4.78, 5) is 55.2. The normalized spacial score (nSPS) is 14.1. The fraction of sp³-hybridized carbons (Fsp3) is 0.306. The Morgan fingerprint density at radius 3 is 1.84 bits per heavy atom. The van der Waals surface area contributed by atoms with Crippen LogP contribution in [0, 0.1) is 0 Å². The minimum Gasteiger partial charge on any atom is -0.479 e. The summed E-state index contributed by atoms with van der Waals surface area (Å²) in [6.07, 6.45) is 4.00. The topological polar surface area (TPSA) is 198 Å². The third kappa shape index (κ3) is 9.05. The maximum Gasteiger partial charge on any atom is 0.348 e. The smallest absolute Gasteiger partial charge is 0.348 e. The number of fused-ring (bicyclic) bond motifs is 1. The van der Waals surface area contributed by atoms with E-state index < -0.39 is 45.8 Å². The average Bonchev–Trinajstić information content (AvgIpc) is 3.10. The number of carbonyl (C=O) groups is 4. The highest BCUT2D eigenvalue weighted by Crippen LogP contribution is 2.32. The van der Waals surface area contributed by atoms with E-state index in [1.807, 2.05) is 30.5 Å². The Morgan fingerprint density at radius 2 is 1.37 bits per heavy atom. The van der Waals surface area contributed by atoms with E-state index in [4.69, 9.17) is 16.7 Å². The Balaban J connectivity index is 0.000000267. The van der Waals surface area contributed by atoms with E-state index in [2.05, 4.69) is 29.0 Å². The van der Waals surface area contributed by atoms with E-state index >= 15 is 0 Å². The van der Waals surface area contributed by atoms with Crippen molar-refractivity contribution in [2.75, 3.05) is 31.6 Å². The molecule has 0 radical (unpaired) electrons. The first-order valence-corrected chi connectivity index (χ1v) is 15.9. The molecule has 3 aromatic carbocycles. The van der Waals surface area contributed by atoms with Gasteiger partial charge in [-0.1, -0.05) is 79.2 Å². The lowest BCUT2D eigenvalue weighted by molar-refractivity contribution is -0.187. The molecule has 3 unspecified atom stereocenters. The van der Waals surface area contributed by atoms with Crippen LogP contribution in [0.5, 0.6) is 0 Å². The molecule has 0 amide bonds. The maximum absolute atomic E-state index is 12.6. The second kappa shape index (κ2) is 17.6. The molecule has 4 aromatic rings. The molecule has 6 N–H and O–H groups in total. The molecule has 260 valence electrons. The number of likely N-dealkylation sites (N-methyl/N-ethyl adjacent to an activating group) is 1. The van der Waals surface area contributed by atoms with Crippen LogP contribution in [-0.2, 0) is 9.59 Å². The number of aliphatic hydroxyl groups excluding tert-OH is 1. The summed E-state index contributed by atoms with van der Waals surface area (Å²) in [6.45, 7) is 7.32. The fourth-order valence-electron chi connectivity index (χ4n) is 5.20. The maximum atomic E-state index is 12.6. The number of halogens is 1. The van der Waals surface area contributed by atoms with Crippen LogP contribution in [0.15, 0.2) is 91.1 Å². The number of hydrogen-bond donors (Lipinski definition) is 6. The molecule has 0 saturated heterocycles. The molecule has 0 bridgehead atoms. The number of Topliss-reactive ketones (excluding diaryl/α,β-unsaturated/α-hetero) is 2. The van der Waals surface area contributed by atoms with Crippen LogP contribution in [0.1, 0.15) is 47.4 Å². The number of rotatable bonds is 16. The van der Waals surface area contributed by atoms with Crippen molar-refractivity contribution < 1.29 is 44.7 Å². The lowest BCUT2D eigenvalue weighted by Crippen LogP contribution is -2.71. The molecule has 0 fully saturated rings. The first kappa shape index (κ1) is 38.7. The third-order valence-electron chi connectivity index (χ3n) is 7.95. The zero-order chi connectivity index (χ0) is 36.2. The summed E-state index contributed by atoms with van der Waals surface area (Å²) in [5.41, 5.74) is -6.67. The Morgan fingerprint density at radius 1 is 0.837 bits per heavy atom. The van der Waals surface area contributed by atoms with E-state index in [0.29, 0.717) is 11.1 Å². The van der Waals surface area contributed by atoms with Gasteiger partial charge < -0.3 is 35.7 Å². The Bertz CT molecular complexity index is 1670. The summed E-state index contributed by atoms with van der Waals surface area (Å²) in [5.74, 6) is -8.03. The van der Waals surface area contributed by atoms with Gasteiger partial charge in [-0.3, -0.25) is 14.6 Å². The van der Waals surface area contributed by atoms with Gasteiger partial charge in [0.2, 0.25) is 11.6 Å². The van der Waals surface area contributed by atoms with E-state index in [1.54, 1.807) is 0 Å². The molecule has 3 atom stereocenters. The number of aliphatic carboxylic acids is 2. The molecule has 0 aliphatic carbocycles. The van der Waals surface area contributed by atoms with Gasteiger partial charge in [-0.15, -0.1) is 0 Å². The van der Waals surface area contributed by atoms with Gasteiger partial charge in [0.15, 0.2) is 0 Å². The molecule has 1 aromatic heterocycles. The number of carboxylic acids is 2. The van der Waals surface area contributed by atoms with Gasteiger partial charge in [0.25, 0.3) is 11.2 Å². The van der Waals surface area contributed by atoms with Crippen LogP contribution in [-0.4, -0.2) is 102 Å². The first-order valence-electron chi connectivity index (χ1n) is 15.6. The van der Waals surface area contributed by atoms with E-state index in [-0.39, 0.29) is 6.61 Å². The van der Waals surface area contributed by atoms with Gasteiger partial charge in [-0.25, -0.2) is 9.59 Å². The Labute approximate surface area is 288 Å². The molecule has 0 aliphatic heterocycles. The second-order valence-corrected chi connectivity index (χ2v) is 11.7. The van der Waals surface area contributed by atoms with Gasteiger partial charge in [-0.2, -0.15) is 0 Å². The predicted molar refractivity (Wildman–Crippen MR) is 185 cm³/mol. The average molecular weight is 694 g/mol. The van der Waals surface area contributed by atoms with Crippen molar-refractivity contribution in [2.24, 2.45) is 0 Å². The minimum absolute atomic E-state index is 0.229. The summed E-state index contributed by atoms with van der Waals surface area (Å²) in [5, 5.41) is 54.3. The zero-order valence-electron chi connectivity index (χ0n) is 27.1. The summed E-state index contributed by atoms with van der Waals surface area (Å²) in [6, 6.07) is 21.0. The van der Waals surface area contributed by atoms with Crippen LogP contribution >= 0.6 is 11.6 Å². The van der Waals surface area contributed by atoms with Crippen molar-refractivity contribution in [3.8, 4) is 0 Å². The molecule has 49 heavy (non-hydrogen) atoms. The number of aliphatic hydroxyl groups is 3.